The average Bonchev–Trinajstić information content (AvgIpc) is 2.99. The first-order valence-corrected chi connectivity index (χ1v) is 12.4. The molecule has 166 valence electrons. The lowest BCUT2D eigenvalue weighted by atomic mass is 9.58. The second-order valence-electron chi connectivity index (χ2n) is 11.6. The topological polar surface area (TPSA) is 40.5 Å². The number of hydrogen-bond donors (Lipinski definition) is 2. The van der Waals surface area contributed by atoms with Crippen LogP contribution >= 0.6 is 0 Å². The lowest BCUT2D eigenvalue weighted by Gasteiger charge is -2.47. The molecule has 0 bridgehead atoms. The summed E-state index contributed by atoms with van der Waals surface area (Å²) in [5, 5.41) is 20.2. The molecule has 0 radical (unpaired) electrons. The maximum atomic E-state index is 10.1. The Labute approximate surface area is 179 Å². The molecule has 6 atom stereocenters. The zero-order chi connectivity index (χ0) is 21.2. The standard InChI is InChI=1S/C27H46O2/c1-19(8-6-16-26(3,4)29)23-14-15-24-22(9-7-17-27(23,24)5)13-12-21-11-10-20(2)25(28)18-21/h12,19,22-25,28-29H,2,6-11,13-18H2,1,3-5H3/b21-12-/t19-,22?,23+,24-,25+,27+/m0/s1. The zero-order valence-corrected chi connectivity index (χ0v) is 19.6. The lowest BCUT2D eigenvalue weighted by molar-refractivity contribution is 0.0260. The molecule has 3 saturated carbocycles. The van der Waals surface area contributed by atoms with Gasteiger partial charge >= 0.3 is 0 Å². The van der Waals surface area contributed by atoms with E-state index in [1.54, 1.807) is 0 Å². The Bertz CT molecular complexity index is 598. The van der Waals surface area contributed by atoms with E-state index in [2.05, 4.69) is 26.5 Å². The van der Waals surface area contributed by atoms with Crippen LogP contribution in [-0.4, -0.2) is 21.9 Å². The van der Waals surface area contributed by atoms with Crippen LogP contribution < -0.4 is 0 Å². The van der Waals surface area contributed by atoms with Gasteiger partial charge in [0.1, 0.15) is 0 Å². The van der Waals surface area contributed by atoms with Crippen molar-refractivity contribution in [1.82, 2.24) is 0 Å². The average molecular weight is 403 g/mol. The minimum absolute atomic E-state index is 0.313. The maximum absolute atomic E-state index is 10.1. The molecule has 0 saturated heterocycles. The van der Waals surface area contributed by atoms with E-state index in [1.807, 2.05) is 13.8 Å². The van der Waals surface area contributed by atoms with Crippen LogP contribution in [-0.2, 0) is 0 Å². The van der Waals surface area contributed by atoms with Crippen LogP contribution in [0, 0.1) is 29.1 Å². The number of aliphatic hydroxyl groups is 2. The molecule has 0 spiro atoms. The van der Waals surface area contributed by atoms with Gasteiger partial charge in [0, 0.05) is 0 Å². The molecule has 1 unspecified atom stereocenters. The quantitative estimate of drug-likeness (QED) is 0.459. The van der Waals surface area contributed by atoms with Crippen LogP contribution in [0.3, 0.4) is 0 Å². The molecule has 2 N–H and O–H groups in total. The summed E-state index contributed by atoms with van der Waals surface area (Å²) in [5.74, 6) is 3.32. The van der Waals surface area contributed by atoms with Gasteiger partial charge in [-0.3, -0.25) is 0 Å². The first-order chi connectivity index (χ1) is 13.6. The number of aliphatic hydroxyl groups excluding tert-OH is 1. The summed E-state index contributed by atoms with van der Waals surface area (Å²) in [4.78, 5) is 0. The number of rotatable bonds is 7. The Morgan fingerprint density at radius 1 is 1.24 bits per heavy atom. The van der Waals surface area contributed by atoms with Gasteiger partial charge in [0.25, 0.3) is 0 Å². The van der Waals surface area contributed by atoms with Gasteiger partial charge in [0.05, 0.1) is 11.7 Å². The molecule has 2 heteroatoms. The zero-order valence-electron chi connectivity index (χ0n) is 19.6. The van der Waals surface area contributed by atoms with E-state index in [4.69, 9.17) is 0 Å². The van der Waals surface area contributed by atoms with Crippen LogP contribution in [0.4, 0.5) is 0 Å². The highest BCUT2D eigenvalue weighted by Crippen LogP contribution is 2.60. The highest BCUT2D eigenvalue weighted by Gasteiger charge is 2.51. The van der Waals surface area contributed by atoms with Gasteiger partial charge in [-0.1, -0.05) is 51.3 Å². The van der Waals surface area contributed by atoms with E-state index >= 15 is 0 Å². The summed E-state index contributed by atoms with van der Waals surface area (Å²) in [5.41, 5.74) is 2.47. The minimum atomic E-state index is -0.523. The van der Waals surface area contributed by atoms with Gasteiger partial charge in [-0.05, 0) is 106 Å². The van der Waals surface area contributed by atoms with E-state index in [9.17, 15) is 10.2 Å². The smallest absolute Gasteiger partial charge is 0.0784 e. The molecule has 0 amide bonds. The third-order valence-corrected chi connectivity index (χ3v) is 8.88. The summed E-state index contributed by atoms with van der Waals surface area (Å²) in [6.07, 6.45) is 16.6. The van der Waals surface area contributed by atoms with E-state index in [1.165, 1.54) is 50.5 Å². The van der Waals surface area contributed by atoms with Gasteiger partial charge < -0.3 is 10.2 Å². The molecular weight excluding hydrogens is 356 g/mol. The Kier molecular flexibility index (Phi) is 7.37. The summed E-state index contributed by atoms with van der Waals surface area (Å²) in [7, 11) is 0. The maximum Gasteiger partial charge on any atom is 0.0784 e. The summed E-state index contributed by atoms with van der Waals surface area (Å²) in [6, 6.07) is 0. The predicted octanol–water partition coefficient (Wildman–Crippen LogP) is 6.81. The normalized spacial score (nSPS) is 38.3. The van der Waals surface area contributed by atoms with Crippen LogP contribution in [0.25, 0.3) is 0 Å². The Hall–Kier alpha value is -0.600. The van der Waals surface area contributed by atoms with Crippen molar-refractivity contribution in [2.24, 2.45) is 29.1 Å². The molecule has 0 aromatic carbocycles. The Balaban J connectivity index is 1.58. The van der Waals surface area contributed by atoms with Gasteiger partial charge in [-0.2, -0.15) is 0 Å². The molecule has 0 heterocycles. The molecule has 29 heavy (non-hydrogen) atoms. The van der Waals surface area contributed by atoms with Crippen LogP contribution in [0.5, 0.6) is 0 Å². The monoisotopic (exact) mass is 402 g/mol. The fourth-order valence-electron chi connectivity index (χ4n) is 7.15. The van der Waals surface area contributed by atoms with Gasteiger partial charge in [-0.25, -0.2) is 0 Å². The van der Waals surface area contributed by atoms with Crippen molar-refractivity contribution in [1.29, 1.82) is 0 Å². The minimum Gasteiger partial charge on any atom is -0.390 e. The largest absolute Gasteiger partial charge is 0.390 e. The Morgan fingerprint density at radius 2 is 2.00 bits per heavy atom. The second-order valence-corrected chi connectivity index (χ2v) is 11.6. The second kappa shape index (κ2) is 9.27. The SMILES string of the molecule is C=C1CC/C(=C/CC2CCC[C@]3(C)[C@@H]([C@@H](C)CCCC(C)(C)O)CC[C@@H]23)C[C@H]1O. The van der Waals surface area contributed by atoms with Gasteiger partial charge in [0.2, 0.25) is 0 Å². The molecule has 0 aromatic heterocycles. The molecule has 2 nitrogen and oxygen atoms in total. The highest BCUT2D eigenvalue weighted by atomic mass is 16.3. The third kappa shape index (κ3) is 5.56. The molecule has 3 rings (SSSR count). The third-order valence-electron chi connectivity index (χ3n) is 8.88. The predicted molar refractivity (Wildman–Crippen MR) is 123 cm³/mol. The van der Waals surface area contributed by atoms with Crippen molar-refractivity contribution in [3.63, 3.8) is 0 Å². The fourth-order valence-corrected chi connectivity index (χ4v) is 7.15. The van der Waals surface area contributed by atoms with E-state index in [0.717, 1.165) is 61.3 Å². The summed E-state index contributed by atoms with van der Waals surface area (Å²) >= 11 is 0. The van der Waals surface area contributed by atoms with Crippen molar-refractivity contribution >= 4 is 0 Å². The molecule has 3 aliphatic carbocycles. The first-order valence-electron chi connectivity index (χ1n) is 12.4. The van der Waals surface area contributed by atoms with E-state index < -0.39 is 5.60 Å². The van der Waals surface area contributed by atoms with E-state index in [0.29, 0.717) is 5.41 Å². The van der Waals surface area contributed by atoms with Crippen molar-refractivity contribution in [2.75, 3.05) is 0 Å². The molecular formula is C27H46O2. The fraction of sp³-hybridized carbons (Fsp3) is 0.852. The van der Waals surface area contributed by atoms with Gasteiger partial charge in [0.15, 0.2) is 0 Å². The molecule has 3 fully saturated rings. The Morgan fingerprint density at radius 3 is 2.69 bits per heavy atom. The van der Waals surface area contributed by atoms with Crippen molar-refractivity contribution in [2.45, 2.75) is 116 Å². The van der Waals surface area contributed by atoms with Crippen molar-refractivity contribution in [3.05, 3.63) is 23.8 Å². The molecule has 3 aliphatic rings. The number of fused-ring (bicyclic) bond motifs is 1. The van der Waals surface area contributed by atoms with Gasteiger partial charge in [-0.15, -0.1) is 0 Å². The molecule has 0 aliphatic heterocycles. The summed E-state index contributed by atoms with van der Waals surface area (Å²) < 4.78 is 0. The number of allylic oxidation sites excluding steroid dienone is 1. The van der Waals surface area contributed by atoms with Crippen LogP contribution in [0.1, 0.15) is 105 Å². The molecule has 0 aromatic rings. The highest BCUT2D eigenvalue weighted by molar-refractivity contribution is 5.19. The van der Waals surface area contributed by atoms with Crippen LogP contribution in [0.2, 0.25) is 0 Å². The first kappa shape index (κ1) is 23.1. The van der Waals surface area contributed by atoms with Crippen molar-refractivity contribution in [3.8, 4) is 0 Å². The summed E-state index contributed by atoms with van der Waals surface area (Å²) in [6.45, 7) is 13.0. The van der Waals surface area contributed by atoms with Crippen molar-refractivity contribution < 1.29 is 10.2 Å². The van der Waals surface area contributed by atoms with Crippen LogP contribution in [0.15, 0.2) is 23.8 Å². The lowest BCUT2D eigenvalue weighted by Crippen LogP contribution is -2.39. The van der Waals surface area contributed by atoms with E-state index in [-0.39, 0.29) is 6.10 Å². The number of hydrogen-bond acceptors (Lipinski definition) is 2.